The number of likely N-dealkylation sites (N-methyl/N-ethyl adjacent to an activating group) is 1. The number of hydrogen-bond donors (Lipinski definition) is 0. The Morgan fingerprint density at radius 1 is 1.04 bits per heavy atom. The van der Waals surface area contributed by atoms with E-state index in [-0.39, 0.29) is 5.91 Å². The lowest BCUT2D eigenvalue weighted by Crippen LogP contribution is -2.30. The Labute approximate surface area is 147 Å². The molecule has 0 aliphatic rings. The van der Waals surface area contributed by atoms with Crippen molar-refractivity contribution in [2.45, 2.75) is 0 Å². The molecule has 0 atom stereocenters. The summed E-state index contributed by atoms with van der Waals surface area (Å²) in [5, 5.41) is 3.69. The number of oxime groups is 1. The molecule has 0 saturated carbocycles. The quantitative estimate of drug-likeness (QED) is 0.547. The highest BCUT2D eigenvalue weighted by Gasteiger charge is 2.11. The first kappa shape index (κ1) is 18.3. The van der Waals surface area contributed by atoms with Crippen LogP contribution in [0.5, 0.6) is 11.5 Å². The lowest BCUT2D eigenvalue weighted by Gasteiger charge is -2.17. The van der Waals surface area contributed by atoms with Crippen LogP contribution >= 0.6 is 0 Å². The second-order valence-electron chi connectivity index (χ2n) is 5.29. The van der Waals surface area contributed by atoms with E-state index in [0.717, 1.165) is 17.1 Å². The lowest BCUT2D eigenvalue weighted by molar-refractivity contribution is 0.0774. The van der Waals surface area contributed by atoms with Gasteiger partial charge in [0.2, 0.25) is 0 Å². The molecule has 1 amide bonds. The predicted molar refractivity (Wildman–Crippen MR) is 96.5 cm³/mol. The Bertz CT molecular complexity index is 696. The van der Waals surface area contributed by atoms with Crippen molar-refractivity contribution >= 4 is 12.1 Å². The number of benzene rings is 2. The predicted octanol–water partition coefficient (Wildman–Crippen LogP) is 2.83. The van der Waals surface area contributed by atoms with Crippen LogP contribution in [0.25, 0.3) is 0 Å². The Kier molecular flexibility index (Phi) is 6.83. The number of carbonyl (C=O) groups is 1. The molecule has 2 rings (SSSR count). The number of ether oxygens (including phenoxy) is 2. The van der Waals surface area contributed by atoms with Crippen molar-refractivity contribution in [1.29, 1.82) is 0 Å². The molecule has 2 aromatic rings. The maximum Gasteiger partial charge on any atom is 0.253 e. The third-order valence-electron chi connectivity index (χ3n) is 3.57. The summed E-state index contributed by atoms with van der Waals surface area (Å²) in [5.74, 6) is 1.45. The van der Waals surface area contributed by atoms with Gasteiger partial charge in [0, 0.05) is 12.6 Å². The molecule has 6 heteroatoms. The van der Waals surface area contributed by atoms with Crippen LogP contribution in [0.1, 0.15) is 15.9 Å². The standard InChI is InChI=1S/C19H22N2O4/c1-21(12-13-25-18-10-8-17(23-2)9-11-18)19(22)16-6-4-15(5-7-16)14-20-24-3/h4-11,14H,12-13H2,1-3H3/b20-14+. The van der Waals surface area contributed by atoms with Crippen LogP contribution in [-0.4, -0.2) is 51.4 Å². The second-order valence-corrected chi connectivity index (χ2v) is 5.29. The molecule has 0 aromatic heterocycles. The highest BCUT2D eigenvalue weighted by Crippen LogP contribution is 2.17. The van der Waals surface area contributed by atoms with Crippen molar-refractivity contribution in [2.24, 2.45) is 5.16 Å². The van der Waals surface area contributed by atoms with Crippen LogP contribution in [0.2, 0.25) is 0 Å². The fraction of sp³-hybridized carbons (Fsp3) is 0.263. The Morgan fingerprint density at radius 3 is 2.28 bits per heavy atom. The smallest absolute Gasteiger partial charge is 0.253 e. The van der Waals surface area contributed by atoms with Gasteiger partial charge in [-0.1, -0.05) is 17.3 Å². The summed E-state index contributed by atoms with van der Waals surface area (Å²) in [6, 6.07) is 14.5. The molecule has 0 unspecified atom stereocenters. The SMILES string of the molecule is CO/N=C/c1ccc(C(=O)N(C)CCOc2ccc(OC)cc2)cc1. The normalized spacial score (nSPS) is 10.5. The van der Waals surface area contributed by atoms with Crippen LogP contribution in [0.4, 0.5) is 0 Å². The van der Waals surface area contributed by atoms with Gasteiger partial charge < -0.3 is 19.2 Å². The van der Waals surface area contributed by atoms with Gasteiger partial charge in [-0.15, -0.1) is 0 Å². The molecule has 0 saturated heterocycles. The van der Waals surface area contributed by atoms with Gasteiger partial charge in [-0.25, -0.2) is 0 Å². The van der Waals surface area contributed by atoms with Crippen LogP contribution in [0, 0.1) is 0 Å². The van der Waals surface area contributed by atoms with E-state index in [2.05, 4.69) is 9.99 Å². The van der Waals surface area contributed by atoms with E-state index in [1.165, 1.54) is 7.11 Å². The number of methoxy groups -OCH3 is 1. The minimum atomic E-state index is -0.0615. The van der Waals surface area contributed by atoms with Gasteiger partial charge in [0.25, 0.3) is 5.91 Å². The fourth-order valence-corrected chi connectivity index (χ4v) is 2.12. The second kappa shape index (κ2) is 9.32. The molecule has 0 N–H and O–H groups in total. The van der Waals surface area contributed by atoms with Crippen molar-refractivity contribution in [1.82, 2.24) is 4.90 Å². The van der Waals surface area contributed by atoms with Crippen molar-refractivity contribution < 1.29 is 19.1 Å². The zero-order valence-electron chi connectivity index (χ0n) is 14.6. The average molecular weight is 342 g/mol. The molecule has 2 aromatic carbocycles. The van der Waals surface area contributed by atoms with E-state index >= 15 is 0 Å². The summed E-state index contributed by atoms with van der Waals surface area (Å²) in [6.45, 7) is 0.894. The first-order chi connectivity index (χ1) is 12.1. The molecule has 0 aliphatic carbocycles. The summed E-state index contributed by atoms with van der Waals surface area (Å²) in [6.07, 6.45) is 1.58. The summed E-state index contributed by atoms with van der Waals surface area (Å²) >= 11 is 0. The summed E-state index contributed by atoms with van der Waals surface area (Å²) in [4.78, 5) is 18.6. The molecule has 0 aliphatic heterocycles. The lowest BCUT2D eigenvalue weighted by atomic mass is 10.1. The highest BCUT2D eigenvalue weighted by molar-refractivity contribution is 5.94. The van der Waals surface area contributed by atoms with E-state index in [0.29, 0.717) is 18.7 Å². The average Bonchev–Trinajstić information content (AvgIpc) is 2.66. The number of nitrogens with zero attached hydrogens (tertiary/aromatic N) is 2. The molecular weight excluding hydrogens is 320 g/mol. The Morgan fingerprint density at radius 2 is 1.68 bits per heavy atom. The van der Waals surface area contributed by atoms with E-state index in [4.69, 9.17) is 9.47 Å². The number of carbonyl (C=O) groups excluding carboxylic acids is 1. The minimum absolute atomic E-state index is 0.0615. The van der Waals surface area contributed by atoms with Gasteiger partial charge in [-0.05, 0) is 42.0 Å². The molecule has 0 heterocycles. The summed E-state index contributed by atoms with van der Waals surface area (Å²) in [7, 11) is 4.85. The van der Waals surface area contributed by atoms with Crippen LogP contribution in [-0.2, 0) is 4.84 Å². The van der Waals surface area contributed by atoms with Gasteiger partial charge in [-0.2, -0.15) is 0 Å². The van der Waals surface area contributed by atoms with Crippen molar-refractivity contribution in [2.75, 3.05) is 34.4 Å². The molecule has 132 valence electrons. The fourth-order valence-electron chi connectivity index (χ4n) is 2.12. The number of hydrogen-bond acceptors (Lipinski definition) is 5. The Balaban J connectivity index is 1.83. The van der Waals surface area contributed by atoms with Crippen LogP contribution < -0.4 is 9.47 Å². The summed E-state index contributed by atoms with van der Waals surface area (Å²) in [5.41, 5.74) is 1.48. The Hall–Kier alpha value is -3.02. The third-order valence-corrected chi connectivity index (χ3v) is 3.57. The van der Waals surface area contributed by atoms with Gasteiger partial charge in [0.1, 0.15) is 25.2 Å². The third kappa shape index (κ3) is 5.53. The first-order valence-corrected chi connectivity index (χ1v) is 7.83. The van der Waals surface area contributed by atoms with E-state index in [9.17, 15) is 4.79 Å². The van der Waals surface area contributed by atoms with E-state index in [1.807, 2.05) is 36.4 Å². The first-order valence-electron chi connectivity index (χ1n) is 7.83. The molecule has 25 heavy (non-hydrogen) atoms. The van der Waals surface area contributed by atoms with E-state index < -0.39 is 0 Å². The summed E-state index contributed by atoms with van der Waals surface area (Å²) < 4.78 is 10.7. The maximum absolute atomic E-state index is 12.4. The largest absolute Gasteiger partial charge is 0.497 e. The highest BCUT2D eigenvalue weighted by atomic mass is 16.6. The van der Waals surface area contributed by atoms with Crippen LogP contribution in [0.3, 0.4) is 0 Å². The van der Waals surface area contributed by atoms with Crippen molar-refractivity contribution in [3.63, 3.8) is 0 Å². The molecule has 6 nitrogen and oxygen atoms in total. The zero-order valence-corrected chi connectivity index (χ0v) is 14.6. The van der Waals surface area contributed by atoms with Gasteiger partial charge >= 0.3 is 0 Å². The molecule has 0 fully saturated rings. The van der Waals surface area contributed by atoms with Crippen molar-refractivity contribution in [3.8, 4) is 11.5 Å². The molecule has 0 spiro atoms. The van der Waals surface area contributed by atoms with E-state index in [1.54, 1.807) is 37.4 Å². The molecule has 0 radical (unpaired) electrons. The van der Waals surface area contributed by atoms with Gasteiger partial charge in [0.05, 0.1) is 19.9 Å². The number of rotatable bonds is 8. The zero-order chi connectivity index (χ0) is 18.1. The van der Waals surface area contributed by atoms with Crippen LogP contribution in [0.15, 0.2) is 53.7 Å². The van der Waals surface area contributed by atoms with Crippen molar-refractivity contribution in [3.05, 3.63) is 59.7 Å². The monoisotopic (exact) mass is 342 g/mol. The van der Waals surface area contributed by atoms with Gasteiger partial charge in [-0.3, -0.25) is 4.79 Å². The van der Waals surface area contributed by atoms with Gasteiger partial charge in [0.15, 0.2) is 0 Å². The molecule has 0 bridgehead atoms. The minimum Gasteiger partial charge on any atom is -0.497 e. The topological polar surface area (TPSA) is 60.4 Å². The molecular formula is C19H22N2O4. The maximum atomic E-state index is 12.4. The number of amides is 1.